The van der Waals surface area contributed by atoms with E-state index in [-0.39, 0.29) is 0 Å². The van der Waals surface area contributed by atoms with Crippen LogP contribution in [-0.4, -0.2) is 51.8 Å². The van der Waals surface area contributed by atoms with Crippen LogP contribution in [0.2, 0.25) is 0 Å². The van der Waals surface area contributed by atoms with Crippen LogP contribution >= 0.6 is 0 Å². The summed E-state index contributed by atoms with van der Waals surface area (Å²) in [6, 6.07) is 9.76. The second-order valence-corrected chi connectivity index (χ2v) is 8.18. The molecule has 2 N–H and O–H groups in total. The van der Waals surface area contributed by atoms with E-state index in [1.165, 1.54) is 17.4 Å². The molecule has 6 heteroatoms. The van der Waals surface area contributed by atoms with E-state index in [1.807, 2.05) is 0 Å². The molecular weight excluding hydrogens is 298 g/mol. The molecular formula is C16H25N3O2S. The van der Waals surface area contributed by atoms with Gasteiger partial charge in [0.05, 0.1) is 6.26 Å². The monoisotopic (exact) mass is 323 g/mol. The summed E-state index contributed by atoms with van der Waals surface area (Å²) in [7, 11) is -3.08. The summed E-state index contributed by atoms with van der Waals surface area (Å²) in [4.78, 5) is 2.59. The highest BCUT2D eigenvalue weighted by Gasteiger charge is 2.32. The number of sulfonamides is 1. The molecule has 0 aromatic heterocycles. The normalized spacial score (nSPS) is 25.5. The number of nitrogens with one attached hydrogen (secondary N) is 2. The van der Waals surface area contributed by atoms with Crippen molar-refractivity contribution >= 4 is 10.0 Å². The molecule has 22 heavy (non-hydrogen) atoms. The quantitative estimate of drug-likeness (QED) is 0.790. The van der Waals surface area contributed by atoms with Gasteiger partial charge in [-0.05, 0) is 30.4 Å². The highest BCUT2D eigenvalue weighted by molar-refractivity contribution is 7.88. The summed E-state index contributed by atoms with van der Waals surface area (Å²) in [5.41, 5.74) is 2.97. The van der Waals surface area contributed by atoms with Crippen LogP contribution in [-0.2, 0) is 16.4 Å². The molecule has 1 aromatic rings. The summed E-state index contributed by atoms with van der Waals surface area (Å²) in [6.45, 7) is 3.42. The summed E-state index contributed by atoms with van der Waals surface area (Å²) in [5, 5.41) is 3.50. The molecule has 2 aliphatic heterocycles. The minimum Gasteiger partial charge on any atom is -0.313 e. The number of piperidine rings is 1. The maximum absolute atomic E-state index is 11.1. The Bertz CT molecular complexity index is 618. The van der Waals surface area contributed by atoms with Crippen molar-refractivity contribution in [2.24, 2.45) is 0 Å². The standard InChI is InChI=1S/C16H25N3O2S/c1-22(20,21)18-9-8-17-14-7-11-19-10-6-13-4-2-3-5-15(13)16(19)12-14/h2-5,14,16-18H,6-12H2,1H3/t14-,16+/m1/s1. The first kappa shape index (κ1) is 15.9. The van der Waals surface area contributed by atoms with Gasteiger partial charge < -0.3 is 5.32 Å². The van der Waals surface area contributed by atoms with Crippen LogP contribution < -0.4 is 10.0 Å². The van der Waals surface area contributed by atoms with E-state index < -0.39 is 10.0 Å². The van der Waals surface area contributed by atoms with E-state index >= 15 is 0 Å². The Morgan fingerprint density at radius 2 is 2.05 bits per heavy atom. The fraction of sp³-hybridized carbons (Fsp3) is 0.625. The number of hydrogen-bond acceptors (Lipinski definition) is 4. The Hall–Kier alpha value is -0.950. The topological polar surface area (TPSA) is 61.4 Å². The number of hydrogen-bond donors (Lipinski definition) is 2. The van der Waals surface area contributed by atoms with Crippen LogP contribution in [0.5, 0.6) is 0 Å². The molecule has 2 aliphatic rings. The first-order valence-corrected chi connectivity index (χ1v) is 9.92. The zero-order valence-electron chi connectivity index (χ0n) is 13.1. The van der Waals surface area contributed by atoms with Crippen molar-refractivity contribution in [3.63, 3.8) is 0 Å². The third kappa shape index (κ3) is 3.87. The third-order valence-corrected chi connectivity index (χ3v) is 5.45. The first-order chi connectivity index (χ1) is 10.5. The summed E-state index contributed by atoms with van der Waals surface area (Å²) < 4.78 is 24.7. The number of benzene rings is 1. The lowest BCUT2D eigenvalue weighted by atomic mass is 9.85. The molecule has 2 atom stereocenters. The smallest absolute Gasteiger partial charge is 0.208 e. The largest absolute Gasteiger partial charge is 0.313 e. The van der Waals surface area contributed by atoms with E-state index in [9.17, 15) is 8.42 Å². The second kappa shape index (κ2) is 6.66. The molecule has 1 fully saturated rings. The van der Waals surface area contributed by atoms with E-state index in [0.717, 1.165) is 32.4 Å². The second-order valence-electron chi connectivity index (χ2n) is 6.34. The van der Waals surface area contributed by atoms with Crippen molar-refractivity contribution in [3.05, 3.63) is 35.4 Å². The van der Waals surface area contributed by atoms with Crippen LogP contribution in [0, 0.1) is 0 Å². The minimum atomic E-state index is -3.08. The fourth-order valence-electron chi connectivity index (χ4n) is 3.65. The van der Waals surface area contributed by atoms with Gasteiger partial charge >= 0.3 is 0 Å². The highest BCUT2D eigenvalue weighted by Crippen LogP contribution is 2.36. The van der Waals surface area contributed by atoms with Crippen LogP contribution in [0.25, 0.3) is 0 Å². The minimum absolute atomic E-state index is 0.459. The molecule has 0 spiro atoms. The van der Waals surface area contributed by atoms with E-state index in [2.05, 4.69) is 39.2 Å². The molecule has 2 heterocycles. The third-order valence-electron chi connectivity index (χ3n) is 4.72. The molecule has 0 aliphatic carbocycles. The van der Waals surface area contributed by atoms with Crippen LogP contribution in [0.15, 0.2) is 24.3 Å². The molecule has 0 amide bonds. The van der Waals surface area contributed by atoms with Crippen LogP contribution in [0.1, 0.15) is 30.0 Å². The number of rotatable bonds is 5. The molecule has 0 saturated carbocycles. The Morgan fingerprint density at radius 1 is 1.23 bits per heavy atom. The zero-order valence-corrected chi connectivity index (χ0v) is 13.9. The van der Waals surface area contributed by atoms with Gasteiger partial charge in [-0.15, -0.1) is 0 Å². The lowest BCUT2D eigenvalue weighted by molar-refractivity contribution is 0.116. The SMILES string of the molecule is CS(=O)(=O)NCCN[C@@H]1CCN2CCc3ccccc3[C@@H]2C1. The van der Waals surface area contributed by atoms with E-state index in [4.69, 9.17) is 0 Å². The van der Waals surface area contributed by atoms with Crippen LogP contribution in [0.4, 0.5) is 0 Å². The van der Waals surface area contributed by atoms with Gasteiger partial charge in [-0.1, -0.05) is 24.3 Å². The maximum atomic E-state index is 11.1. The molecule has 122 valence electrons. The van der Waals surface area contributed by atoms with E-state index in [1.54, 1.807) is 0 Å². The number of nitrogens with zero attached hydrogens (tertiary/aromatic N) is 1. The summed E-state index contributed by atoms with van der Waals surface area (Å²) in [6.07, 6.45) is 4.60. The lowest BCUT2D eigenvalue weighted by Crippen LogP contribution is -2.48. The van der Waals surface area contributed by atoms with Gasteiger partial charge in [0.2, 0.25) is 10.0 Å². The van der Waals surface area contributed by atoms with Gasteiger partial charge in [0.15, 0.2) is 0 Å². The zero-order chi connectivity index (χ0) is 15.6. The molecule has 1 saturated heterocycles. The Labute approximate surface area is 133 Å². The van der Waals surface area contributed by atoms with Gasteiger partial charge in [-0.25, -0.2) is 13.1 Å². The predicted molar refractivity (Wildman–Crippen MR) is 88.3 cm³/mol. The van der Waals surface area contributed by atoms with Crippen molar-refractivity contribution in [1.29, 1.82) is 0 Å². The van der Waals surface area contributed by atoms with Crippen molar-refractivity contribution in [3.8, 4) is 0 Å². The molecule has 0 unspecified atom stereocenters. The van der Waals surface area contributed by atoms with Crippen LogP contribution in [0.3, 0.4) is 0 Å². The molecule has 0 radical (unpaired) electrons. The fourth-order valence-corrected chi connectivity index (χ4v) is 4.13. The Kier molecular flexibility index (Phi) is 4.82. The van der Waals surface area contributed by atoms with Gasteiger partial charge in [0.25, 0.3) is 0 Å². The molecule has 1 aromatic carbocycles. The summed E-state index contributed by atoms with van der Waals surface area (Å²) >= 11 is 0. The highest BCUT2D eigenvalue weighted by atomic mass is 32.2. The number of fused-ring (bicyclic) bond motifs is 3. The molecule has 5 nitrogen and oxygen atoms in total. The Morgan fingerprint density at radius 3 is 2.86 bits per heavy atom. The molecule has 3 rings (SSSR count). The van der Waals surface area contributed by atoms with Gasteiger partial charge in [-0.3, -0.25) is 4.90 Å². The first-order valence-electron chi connectivity index (χ1n) is 8.03. The maximum Gasteiger partial charge on any atom is 0.208 e. The summed E-state index contributed by atoms with van der Waals surface area (Å²) in [5.74, 6) is 0. The molecule has 0 bridgehead atoms. The van der Waals surface area contributed by atoms with E-state index in [0.29, 0.717) is 25.2 Å². The predicted octanol–water partition coefficient (Wildman–Crippen LogP) is 0.887. The van der Waals surface area contributed by atoms with Gasteiger partial charge in [-0.2, -0.15) is 0 Å². The van der Waals surface area contributed by atoms with Gasteiger partial charge in [0.1, 0.15) is 0 Å². The van der Waals surface area contributed by atoms with Crippen molar-refractivity contribution in [1.82, 2.24) is 14.9 Å². The average Bonchev–Trinajstić information content (AvgIpc) is 2.50. The lowest BCUT2D eigenvalue weighted by Gasteiger charge is -2.43. The van der Waals surface area contributed by atoms with Crippen molar-refractivity contribution in [2.45, 2.75) is 31.3 Å². The van der Waals surface area contributed by atoms with Crippen molar-refractivity contribution < 1.29 is 8.42 Å². The average molecular weight is 323 g/mol. The van der Waals surface area contributed by atoms with Gasteiger partial charge in [0, 0.05) is 38.3 Å². The van der Waals surface area contributed by atoms with Crippen molar-refractivity contribution in [2.75, 3.05) is 32.4 Å². The Balaban J connectivity index is 1.56.